The van der Waals surface area contributed by atoms with E-state index in [0.29, 0.717) is 0 Å². The maximum Gasteiger partial charge on any atom is 0.144 e. The lowest BCUT2D eigenvalue weighted by molar-refractivity contribution is 0.651. The zero-order valence-corrected chi connectivity index (χ0v) is 16.7. The summed E-state index contributed by atoms with van der Waals surface area (Å²) in [5.41, 5.74) is 2.24. The summed E-state index contributed by atoms with van der Waals surface area (Å²) in [4.78, 5) is 1.17. The molecule has 23 heavy (non-hydrogen) atoms. The van der Waals surface area contributed by atoms with Crippen molar-refractivity contribution >= 4 is 44.9 Å². The van der Waals surface area contributed by atoms with Crippen molar-refractivity contribution in [2.45, 2.75) is 36.2 Å². The van der Waals surface area contributed by atoms with E-state index in [9.17, 15) is 4.21 Å². The zero-order valence-electron chi connectivity index (χ0n) is 13.5. The maximum absolute atomic E-state index is 12.0. The highest BCUT2D eigenvalue weighted by Gasteiger charge is 2.18. The van der Waals surface area contributed by atoms with E-state index in [1.165, 1.54) is 10.5 Å². The first-order valence-corrected chi connectivity index (χ1v) is 10.2. The van der Waals surface area contributed by atoms with Crippen LogP contribution in [0.5, 0.6) is 0 Å². The molecule has 2 aromatic carbocycles. The Morgan fingerprint density at radius 1 is 1.17 bits per heavy atom. The number of rotatable bonds is 5. The van der Waals surface area contributed by atoms with Crippen LogP contribution in [0, 0.1) is 0 Å². The Morgan fingerprint density at radius 2 is 1.87 bits per heavy atom. The van der Waals surface area contributed by atoms with E-state index < -0.39 is 11.0 Å². The van der Waals surface area contributed by atoms with Crippen LogP contribution < -0.4 is 0 Å². The van der Waals surface area contributed by atoms with Gasteiger partial charge in [0.1, 0.15) is 11.0 Å². The summed E-state index contributed by atoms with van der Waals surface area (Å²) in [7, 11) is -1.24. The monoisotopic (exact) mass is 409 g/mol. The lowest BCUT2D eigenvalue weighted by Crippen LogP contribution is -2.19. The van der Waals surface area contributed by atoms with Gasteiger partial charge in [-0.3, -0.25) is 0 Å². The Bertz CT molecular complexity index is 709. The SMILES string of the molecule is CC(C)(C)[S@](=O)N=Cc1cc(SCc2ccccc2)ccc1Br. The first-order valence-electron chi connectivity index (χ1n) is 7.28. The van der Waals surface area contributed by atoms with Crippen molar-refractivity contribution in [3.05, 3.63) is 64.1 Å². The van der Waals surface area contributed by atoms with Gasteiger partial charge in [0.05, 0.1) is 4.75 Å². The number of halogens is 1. The van der Waals surface area contributed by atoms with E-state index >= 15 is 0 Å². The van der Waals surface area contributed by atoms with Crippen LogP contribution in [-0.2, 0) is 16.7 Å². The molecule has 0 aliphatic carbocycles. The minimum Gasteiger partial charge on any atom is -0.234 e. The molecule has 0 N–H and O–H groups in total. The van der Waals surface area contributed by atoms with Gasteiger partial charge in [0.15, 0.2) is 0 Å². The summed E-state index contributed by atoms with van der Waals surface area (Å²) >= 11 is 5.31. The fraction of sp³-hybridized carbons (Fsp3) is 0.278. The second-order valence-electron chi connectivity index (χ2n) is 6.05. The molecule has 1 atom stereocenters. The van der Waals surface area contributed by atoms with Crippen molar-refractivity contribution in [2.24, 2.45) is 4.40 Å². The Hall–Kier alpha value is -0.910. The van der Waals surface area contributed by atoms with Gasteiger partial charge in [-0.1, -0.05) is 46.3 Å². The lowest BCUT2D eigenvalue weighted by Gasteiger charge is -2.12. The average molecular weight is 410 g/mol. The highest BCUT2D eigenvalue weighted by Crippen LogP contribution is 2.27. The molecule has 0 bridgehead atoms. The number of thioether (sulfide) groups is 1. The summed E-state index contributed by atoms with van der Waals surface area (Å²) in [6.07, 6.45) is 1.69. The number of hydrogen-bond acceptors (Lipinski definition) is 2. The Labute approximate surface area is 153 Å². The molecule has 0 aliphatic heterocycles. The van der Waals surface area contributed by atoms with Crippen molar-refractivity contribution in [3.8, 4) is 0 Å². The van der Waals surface area contributed by atoms with Gasteiger partial charge >= 0.3 is 0 Å². The van der Waals surface area contributed by atoms with Gasteiger partial charge in [-0.25, -0.2) is 4.21 Å². The normalized spacial score (nSPS) is 13.4. The molecule has 5 heteroatoms. The molecule has 0 radical (unpaired) electrons. The number of nitrogens with zero attached hydrogens (tertiary/aromatic N) is 1. The Balaban J connectivity index is 2.10. The van der Waals surface area contributed by atoms with Crippen LogP contribution in [0.15, 0.2) is 62.3 Å². The second kappa shape index (κ2) is 8.27. The standard InChI is InChI=1S/C18H20BrNOS2/c1-18(2,3)23(21)20-12-15-11-16(9-10-17(15)19)22-13-14-7-5-4-6-8-14/h4-12H,13H2,1-3H3/t23-/m0/s1. The van der Waals surface area contributed by atoms with Crippen LogP contribution in [0.2, 0.25) is 0 Å². The Morgan fingerprint density at radius 3 is 2.52 bits per heavy atom. The summed E-state index contributed by atoms with van der Waals surface area (Å²) in [5, 5.41) is 0. The lowest BCUT2D eigenvalue weighted by atomic mass is 10.2. The largest absolute Gasteiger partial charge is 0.234 e. The highest BCUT2D eigenvalue weighted by molar-refractivity contribution is 9.10. The third-order valence-corrected chi connectivity index (χ3v) is 6.16. The Kier molecular flexibility index (Phi) is 6.62. The first kappa shape index (κ1) is 18.4. The number of hydrogen-bond donors (Lipinski definition) is 0. The van der Waals surface area contributed by atoms with E-state index in [2.05, 4.69) is 56.7 Å². The molecule has 0 saturated carbocycles. The van der Waals surface area contributed by atoms with E-state index in [-0.39, 0.29) is 4.75 Å². The third-order valence-electron chi connectivity index (χ3n) is 3.03. The molecular formula is C18H20BrNOS2. The minimum absolute atomic E-state index is 0.345. The molecule has 0 aliphatic rings. The van der Waals surface area contributed by atoms with Crippen LogP contribution in [0.25, 0.3) is 0 Å². The maximum atomic E-state index is 12.0. The van der Waals surface area contributed by atoms with Gasteiger partial charge in [0, 0.05) is 26.9 Å². The van der Waals surface area contributed by atoms with Gasteiger partial charge in [-0.2, -0.15) is 4.40 Å². The molecular weight excluding hydrogens is 390 g/mol. The van der Waals surface area contributed by atoms with Crippen LogP contribution in [0.1, 0.15) is 31.9 Å². The van der Waals surface area contributed by atoms with Crippen molar-refractivity contribution < 1.29 is 4.21 Å². The van der Waals surface area contributed by atoms with Crippen LogP contribution >= 0.6 is 27.7 Å². The molecule has 0 amide bonds. The van der Waals surface area contributed by atoms with E-state index in [1.54, 1.807) is 18.0 Å². The fourth-order valence-electron chi connectivity index (χ4n) is 1.71. The van der Waals surface area contributed by atoms with Gasteiger partial charge < -0.3 is 0 Å². The van der Waals surface area contributed by atoms with E-state index in [4.69, 9.17) is 0 Å². The minimum atomic E-state index is -1.24. The van der Waals surface area contributed by atoms with Crippen molar-refractivity contribution in [3.63, 3.8) is 0 Å². The quantitative estimate of drug-likeness (QED) is 0.473. The highest BCUT2D eigenvalue weighted by atomic mass is 79.9. The third kappa shape index (κ3) is 5.90. The predicted octanol–water partition coefficient (Wildman–Crippen LogP) is 5.62. The summed E-state index contributed by atoms with van der Waals surface area (Å²) in [5.74, 6) is 0.924. The molecule has 2 nitrogen and oxygen atoms in total. The fourth-order valence-corrected chi connectivity index (χ4v) is 3.49. The molecule has 122 valence electrons. The van der Waals surface area contributed by atoms with Crippen LogP contribution in [0.4, 0.5) is 0 Å². The number of benzene rings is 2. The van der Waals surface area contributed by atoms with E-state index in [0.717, 1.165) is 15.8 Å². The first-order chi connectivity index (χ1) is 10.9. The van der Waals surface area contributed by atoms with Crippen molar-refractivity contribution in [2.75, 3.05) is 0 Å². The predicted molar refractivity (Wildman–Crippen MR) is 106 cm³/mol. The van der Waals surface area contributed by atoms with Crippen molar-refractivity contribution in [1.82, 2.24) is 0 Å². The smallest absolute Gasteiger partial charge is 0.144 e. The molecule has 0 unspecified atom stereocenters. The van der Waals surface area contributed by atoms with Crippen LogP contribution in [-0.4, -0.2) is 15.2 Å². The average Bonchev–Trinajstić information content (AvgIpc) is 2.52. The topological polar surface area (TPSA) is 29.4 Å². The van der Waals surface area contributed by atoms with Gasteiger partial charge in [0.2, 0.25) is 0 Å². The summed E-state index contributed by atoms with van der Waals surface area (Å²) < 4.78 is 16.8. The molecule has 0 aromatic heterocycles. The molecule has 0 fully saturated rings. The molecule has 2 rings (SSSR count). The van der Waals surface area contributed by atoms with Gasteiger partial charge in [0.25, 0.3) is 0 Å². The molecule has 0 spiro atoms. The van der Waals surface area contributed by atoms with E-state index in [1.807, 2.05) is 32.9 Å². The van der Waals surface area contributed by atoms with Crippen molar-refractivity contribution in [1.29, 1.82) is 0 Å². The van der Waals surface area contributed by atoms with Gasteiger partial charge in [-0.05, 0) is 44.5 Å². The zero-order chi connectivity index (χ0) is 16.9. The second-order valence-corrected chi connectivity index (χ2v) is 9.89. The summed E-state index contributed by atoms with van der Waals surface area (Å²) in [6, 6.07) is 16.5. The molecule has 0 heterocycles. The molecule has 0 saturated heterocycles. The van der Waals surface area contributed by atoms with Crippen LogP contribution in [0.3, 0.4) is 0 Å². The van der Waals surface area contributed by atoms with Gasteiger partial charge in [-0.15, -0.1) is 11.8 Å². The molecule has 2 aromatic rings. The summed E-state index contributed by atoms with van der Waals surface area (Å²) in [6.45, 7) is 5.75.